The first-order valence-electron chi connectivity index (χ1n) is 9.96. The average Bonchev–Trinajstić information content (AvgIpc) is 2.46. The molecule has 1 nitrogen and oxygen atoms in total. The molecule has 0 rings (SSSR count). The van der Waals surface area contributed by atoms with Crippen LogP contribution >= 0.6 is 0 Å². The van der Waals surface area contributed by atoms with Crippen LogP contribution in [0.15, 0.2) is 12.7 Å². The Morgan fingerprint density at radius 1 is 0.696 bits per heavy atom. The lowest BCUT2D eigenvalue weighted by Gasteiger charge is -2.32. The van der Waals surface area contributed by atoms with Crippen LogP contribution in [-0.2, 0) is 0 Å². The number of quaternary nitrogens is 1. The number of hydrogen-bond acceptors (Lipinski definition) is 0. The molecule has 0 aliphatic rings. The first-order valence-corrected chi connectivity index (χ1v) is 9.96. The fraction of sp³-hybridized carbons (Fsp3) is 0.905. The molecule has 140 valence electrons. The van der Waals surface area contributed by atoms with Gasteiger partial charge in [-0.2, -0.15) is 0 Å². The molecule has 0 heterocycles. The molecule has 0 amide bonds. The minimum Gasteiger partial charge on any atom is -1.00 e. The smallest absolute Gasteiger partial charge is 0.107 e. The van der Waals surface area contributed by atoms with Crippen LogP contribution in [0.3, 0.4) is 0 Å². The van der Waals surface area contributed by atoms with Gasteiger partial charge in [-0.05, 0) is 12.5 Å². The van der Waals surface area contributed by atoms with Crippen molar-refractivity contribution in [1.82, 2.24) is 0 Å². The van der Waals surface area contributed by atoms with Crippen LogP contribution < -0.4 is 12.4 Å². The Morgan fingerprint density at radius 2 is 1.04 bits per heavy atom. The van der Waals surface area contributed by atoms with Gasteiger partial charge in [0, 0.05) is 6.42 Å². The number of unbranched alkanes of at least 4 members (excludes halogenated alkanes) is 12. The van der Waals surface area contributed by atoms with Crippen LogP contribution in [-0.4, -0.2) is 31.7 Å². The molecule has 0 fully saturated rings. The lowest BCUT2D eigenvalue weighted by atomic mass is 10.0. The fourth-order valence-corrected chi connectivity index (χ4v) is 3.19. The van der Waals surface area contributed by atoms with Crippen molar-refractivity contribution < 1.29 is 16.9 Å². The Balaban J connectivity index is 0. The van der Waals surface area contributed by atoms with E-state index in [2.05, 4.69) is 40.7 Å². The average molecular weight is 346 g/mol. The van der Waals surface area contributed by atoms with Crippen LogP contribution in [0.2, 0.25) is 0 Å². The first-order chi connectivity index (χ1) is 10.5. The zero-order valence-electron chi connectivity index (χ0n) is 16.6. The molecule has 1 unspecified atom stereocenters. The van der Waals surface area contributed by atoms with Gasteiger partial charge in [0.25, 0.3) is 0 Å². The molecule has 0 aromatic carbocycles. The predicted octanol–water partition coefficient (Wildman–Crippen LogP) is 3.73. The third-order valence-corrected chi connectivity index (χ3v) is 4.87. The summed E-state index contributed by atoms with van der Waals surface area (Å²) in [7, 11) is 6.82. The van der Waals surface area contributed by atoms with E-state index in [1.807, 2.05) is 0 Å². The van der Waals surface area contributed by atoms with Gasteiger partial charge in [-0.25, -0.2) is 0 Å². The molecule has 0 aromatic rings. The third-order valence-electron chi connectivity index (χ3n) is 4.87. The third kappa shape index (κ3) is 16.6. The van der Waals surface area contributed by atoms with E-state index >= 15 is 0 Å². The van der Waals surface area contributed by atoms with Crippen LogP contribution in [0.4, 0.5) is 0 Å². The van der Waals surface area contributed by atoms with Crippen molar-refractivity contribution in [1.29, 1.82) is 0 Å². The lowest BCUT2D eigenvalue weighted by molar-refractivity contribution is -0.889. The van der Waals surface area contributed by atoms with E-state index in [1.54, 1.807) is 0 Å². The number of nitrogens with zero attached hydrogens (tertiary/aromatic N) is 1. The molecule has 1 atom stereocenters. The van der Waals surface area contributed by atoms with Gasteiger partial charge < -0.3 is 16.9 Å². The highest BCUT2D eigenvalue weighted by molar-refractivity contribution is 4.79. The monoisotopic (exact) mass is 345 g/mol. The highest BCUT2D eigenvalue weighted by atomic mass is 35.5. The minimum atomic E-state index is 0. The van der Waals surface area contributed by atoms with Crippen molar-refractivity contribution in [2.24, 2.45) is 0 Å². The summed E-state index contributed by atoms with van der Waals surface area (Å²) in [5.74, 6) is 0. The first kappa shape index (κ1) is 25.2. The van der Waals surface area contributed by atoms with E-state index in [9.17, 15) is 0 Å². The van der Waals surface area contributed by atoms with E-state index in [-0.39, 0.29) is 12.4 Å². The molecule has 0 spiro atoms. The van der Waals surface area contributed by atoms with Crippen LogP contribution in [0.5, 0.6) is 0 Å². The number of rotatable bonds is 16. The summed E-state index contributed by atoms with van der Waals surface area (Å²) >= 11 is 0. The molecule has 23 heavy (non-hydrogen) atoms. The summed E-state index contributed by atoms with van der Waals surface area (Å²) in [6, 6.07) is 0.618. The van der Waals surface area contributed by atoms with Gasteiger partial charge in [-0.1, -0.05) is 90.6 Å². The molecule has 0 radical (unpaired) electrons. The summed E-state index contributed by atoms with van der Waals surface area (Å²) < 4.78 is 1.02. The molecule has 0 bridgehead atoms. The number of halogens is 1. The van der Waals surface area contributed by atoms with Gasteiger partial charge in [0.2, 0.25) is 0 Å². The van der Waals surface area contributed by atoms with Crippen LogP contribution in [0, 0.1) is 0 Å². The number of hydrogen-bond donors (Lipinski definition) is 0. The molecule has 0 N–H and O–H groups in total. The maximum absolute atomic E-state index is 3.99. The molecule has 0 aliphatic carbocycles. The fourth-order valence-electron chi connectivity index (χ4n) is 3.19. The maximum atomic E-state index is 3.99. The zero-order chi connectivity index (χ0) is 16.7. The van der Waals surface area contributed by atoms with Crippen molar-refractivity contribution in [3.63, 3.8) is 0 Å². The van der Waals surface area contributed by atoms with Crippen molar-refractivity contribution in [3.05, 3.63) is 12.7 Å². The van der Waals surface area contributed by atoms with Crippen molar-refractivity contribution in [3.8, 4) is 0 Å². The van der Waals surface area contributed by atoms with Gasteiger partial charge in [0.15, 0.2) is 0 Å². The normalized spacial score (nSPS) is 12.7. The van der Waals surface area contributed by atoms with E-state index < -0.39 is 0 Å². The van der Waals surface area contributed by atoms with Crippen LogP contribution in [0.25, 0.3) is 0 Å². The van der Waals surface area contributed by atoms with Gasteiger partial charge in [-0.3, -0.25) is 0 Å². The van der Waals surface area contributed by atoms with Gasteiger partial charge in [0.05, 0.1) is 21.1 Å². The van der Waals surface area contributed by atoms with Gasteiger partial charge >= 0.3 is 0 Å². The van der Waals surface area contributed by atoms with E-state index in [0.717, 1.165) is 4.48 Å². The Kier molecular flexibility index (Phi) is 18.5. The summed E-state index contributed by atoms with van der Waals surface area (Å²) in [6.45, 7) is 6.28. The quantitative estimate of drug-likeness (QED) is 0.227. The predicted molar refractivity (Wildman–Crippen MR) is 102 cm³/mol. The highest BCUT2D eigenvalue weighted by Crippen LogP contribution is 2.16. The second-order valence-electron chi connectivity index (χ2n) is 7.95. The molecule has 0 aromatic heterocycles. The van der Waals surface area contributed by atoms with E-state index in [1.165, 1.54) is 89.9 Å². The Bertz CT molecular complexity index is 245. The molecular formula is C21H44ClN. The SMILES string of the molecule is C=CC(CCCCCCCCCCCCCCC)[N+](C)(C)C.[Cl-]. The second-order valence-corrected chi connectivity index (χ2v) is 7.95. The zero-order valence-corrected chi connectivity index (χ0v) is 17.3. The largest absolute Gasteiger partial charge is 1.00 e. The summed E-state index contributed by atoms with van der Waals surface area (Å²) in [5.41, 5.74) is 0. The van der Waals surface area contributed by atoms with Crippen LogP contribution in [0.1, 0.15) is 96.8 Å². The Labute approximate surface area is 153 Å². The highest BCUT2D eigenvalue weighted by Gasteiger charge is 2.18. The molecule has 2 heteroatoms. The number of likely N-dealkylation sites (N-methyl/N-ethyl adjacent to an activating group) is 1. The molecule has 0 saturated carbocycles. The summed E-state index contributed by atoms with van der Waals surface area (Å²) in [4.78, 5) is 0. The Morgan fingerprint density at radius 3 is 1.35 bits per heavy atom. The second kappa shape index (κ2) is 16.8. The van der Waals surface area contributed by atoms with Crippen molar-refractivity contribution in [2.75, 3.05) is 21.1 Å². The summed E-state index contributed by atoms with van der Waals surface area (Å²) in [5, 5.41) is 0. The van der Waals surface area contributed by atoms with E-state index in [4.69, 9.17) is 0 Å². The Hall–Kier alpha value is -0.0100. The molecule has 0 saturated heterocycles. The van der Waals surface area contributed by atoms with Crippen molar-refractivity contribution in [2.45, 2.75) is 103 Å². The molecule has 0 aliphatic heterocycles. The van der Waals surface area contributed by atoms with E-state index in [0.29, 0.717) is 6.04 Å². The lowest BCUT2D eigenvalue weighted by Crippen LogP contribution is -3.00. The summed E-state index contributed by atoms with van der Waals surface area (Å²) in [6.07, 6.45) is 22.1. The topological polar surface area (TPSA) is 0 Å². The van der Waals surface area contributed by atoms with Gasteiger partial charge in [0.1, 0.15) is 6.04 Å². The standard InChI is InChI=1S/C21H44N.ClH/c1-6-8-9-10-11-12-13-14-15-16-17-18-19-20-21(7-2)22(3,4)5;/h7,21H,2,6,8-20H2,1,3-5H3;1H/q+1;/p-1. The maximum Gasteiger partial charge on any atom is 0.107 e. The van der Waals surface area contributed by atoms with Crippen molar-refractivity contribution >= 4 is 0 Å². The minimum absolute atomic E-state index is 0. The van der Waals surface area contributed by atoms with Gasteiger partial charge in [-0.15, -0.1) is 0 Å². The molecular weight excluding hydrogens is 302 g/mol.